The molecule has 1 saturated heterocycles. The molecule has 102 valence electrons. The summed E-state index contributed by atoms with van der Waals surface area (Å²) in [5, 5.41) is 0. The zero-order valence-electron chi connectivity index (χ0n) is 11.0. The lowest BCUT2D eigenvalue weighted by molar-refractivity contribution is -0.0542. The summed E-state index contributed by atoms with van der Waals surface area (Å²) in [5.74, 6) is 0.181. The Morgan fingerprint density at radius 2 is 2.18 bits per heavy atom. The van der Waals surface area contributed by atoms with Crippen molar-refractivity contribution in [3.8, 4) is 0 Å². The number of nitrogens with two attached hydrogens (primary N) is 1. The van der Waals surface area contributed by atoms with Gasteiger partial charge in [0.2, 0.25) is 0 Å². The summed E-state index contributed by atoms with van der Waals surface area (Å²) >= 11 is 0. The minimum Gasteiger partial charge on any atom is -0.378 e. The average molecular weight is 264 g/mol. The zero-order valence-corrected chi connectivity index (χ0v) is 11.8. The second-order valence-corrected chi connectivity index (χ2v) is 7.38. The molecule has 0 aromatic heterocycles. The normalized spacial score (nSPS) is 30.8. The minimum absolute atomic E-state index is 0.109. The zero-order chi connectivity index (χ0) is 13.1. The SMILES string of the molecule is CC1CC(CN)(N(C)CCS(C)(=O)=O)CCO1. The Morgan fingerprint density at radius 1 is 1.53 bits per heavy atom. The van der Waals surface area contributed by atoms with Crippen molar-refractivity contribution in [2.45, 2.75) is 31.4 Å². The molecule has 1 rings (SSSR count). The van der Waals surface area contributed by atoms with Crippen molar-refractivity contribution < 1.29 is 13.2 Å². The van der Waals surface area contributed by atoms with Crippen LogP contribution in [0.15, 0.2) is 0 Å². The van der Waals surface area contributed by atoms with Crippen LogP contribution in [0.2, 0.25) is 0 Å². The topological polar surface area (TPSA) is 72.6 Å². The molecule has 2 atom stereocenters. The lowest BCUT2D eigenvalue weighted by Gasteiger charge is -2.45. The monoisotopic (exact) mass is 264 g/mol. The van der Waals surface area contributed by atoms with Gasteiger partial charge in [0.25, 0.3) is 0 Å². The van der Waals surface area contributed by atoms with E-state index in [4.69, 9.17) is 10.5 Å². The molecule has 0 amide bonds. The van der Waals surface area contributed by atoms with E-state index in [1.807, 2.05) is 14.0 Å². The van der Waals surface area contributed by atoms with Gasteiger partial charge in [-0.15, -0.1) is 0 Å². The minimum atomic E-state index is -2.92. The fourth-order valence-electron chi connectivity index (χ4n) is 2.37. The quantitative estimate of drug-likeness (QED) is 0.748. The molecular formula is C11H24N2O3S. The van der Waals surface area contributed by atoms with E-state index in [1.54, 1.807) is 0 Å². The van der Waals surface area contributed by atoms with Crippen molar-refractivity contribution in [1.29, 1.82) is 0 Å². The molecule has 0 saturated carbocycles. The highest BCUT2D eigenvalue weighted by Gasteiger charge is 2.37. The van der Waals surface area contributed by atoms with Crippen LogP contribution in [-0.2, 0) is 14.6 Å². The number of rotatable bonds is 5. The van der Waals surface area contributed by atoms with Crippen molar-refractivity contribution in [3.63, 3.8) is 0 Å². The molecule has 0 aromatic carbocycles. The molecule has 0 spiro atoms. The highest BCUT2D eigenvalue weighted by Crippen LogP contribution is 2.29. The van der Waals surface area contributed by atoms with Crippen LogP contribution in [-0.4, -0.2) is 63.7 Å². The number of sulfone groups is 1. The highest BCUT2D eigenvalue weighted by molar-refractivity contribution is 7.90. The van der Waals surface area contributed by atoms with Gasteiger partial charge in [-0.25, -0.2) is 8.42 Å². The lowest BCUT2D eigenvalue weighted by Crippen LogP contribution is -2.57. The van der Waals surface area contributed by atoms with E-state index in [-0.39, 0.29) is 17.4 Å². The first-order valence-electron chi connectivity index (χ1n) is 6.00. The average Bonchev–Trinajstić information content (AvgIpc) is 2.24. The summed E-state index contributed by atoms with van der Waals surface area (Å²) in [6.45, 7) is 3.80. The number of hydrogen-bond acceptors (Lipinski definition) is 5. The summed E-state index contributed by atoms with van der Waals surface area (Å²) in [7, 11) is -0.966. The van der Waals surface area contributed by atoms with Gasteiger partial charge in [-0.2, -0.15) is 0 Å². The fourth-order valence-corrected chi connectivity index (χ4v) is 2.98. The molecule has 6 heteroatoms. The van der Waals surface area contributed by atoms with Crippen LogP contribution in [0.25, 0.3) is 0 Å². The number of likely N-dealkylation sites (N-methyl/N-ethyl adjacent to an activating group) is 1. The number of ether oxygens (including phenoxy) is 1. The molecule has 2 unspecified atom stereocenters. The standard InChI is InChI=1S/C11H24N2O3S/c1-10-8-11(9-12,4-6-16-10)13(2)5-7-17(3,14)15/h10H,4-9,12H2,1-3H3. The summed E-state index contributed by atoms with van der Waals surface area (Å²) < 4.78 is 27.9. The fraction of sp³-hybridized carbons (Fsp3) is 1.00. The molecule has 17 heavy (non-hydrogen) atoms. The van der Waals surface area contributed by atoms with E-state index in [0.29, 0.717) is 19.7 Å². The second-order valence-electron chi connectivity index (χ2n) is 5.12. The Labute approximate surface area is 104 Å². The summed E-state index contributed by atoms with van der Waals surface area (Å²) in [6.07, 6.45) is 3.19. The predicted molar refractivity (Wildman–Crippen MR) is 68.8 cm³/mol. The van der Waals surface area contributed by atoms with E-state index in [2.05, 4.69) is 4.90 Å². The largest absolute Gasteiger partial charge is 0.378 e. The van der Waals surface area contributed by atoms with Gasteiger partial charge >= 0.3 is 0 Å². The molecule has 1 aliphatic heterocycles. The van der Waals surface area contributed by atoms with Crippen LogP contribution in [0, 0.1) is 0 Å². The summed E-state index contributed by atoms with van der Waals surface area (Å²) in [5.41, 5.74) is 5.79. The smallest absolute Gasteiger partial charge is 0.148 e. The maximum Gasteiger partial charge on any atom is 0.148 e. The molecule has 5 nitrogen and oxygen atoms in total. The summed E-state index contributed by atoms with van der Waals surface area (Å²) in [4.78, 5) is 2.09. The van der Waals surface area contributed by atoms with Crippen molar-refractivity contribution >= 4 is 9.84 Å². The van der Waals surface area contributed by atoms with Crippen LogP contribution in [0.1, 0.15) is 19.8 Å². The van der Waals surface area contributed by atoms with Gasteiger partial charge in [0, 0.05) is 31.5 Å². The van der Waals surface area contributed by atoms with Gasteiger partial charge in [-0.1, -0.05) is 0 Å². The molecule has 1 aliphatic rings. The summed E-state index contributed by atoms with van der Waals surface area (Å²) in [6, 6.07) is 0. The van der Waals surface area contributed by atoms with Gasteiger partial charge < -0.3 is 10.5 Å². The first-order valence-corrected chi connectivity index (χ1v) is 8.06. The second kappa shape index (κ2) is 5.65. The molecule has 0 radical (unpaired) electrons. The van der Waals surface area contributed by atoms with Gasteiger partial charge in [-0.3, -0.25) is 4.90 Å². The van der Waals surface area contributed by atoms with Crippen LogP contribution < -0.4 is 5.73 Å². The first kappa shape index (κ1) is 14.9. The van der Waals surface area contributed by atoms with E-state index < -0.39 is 9.84 Å². The first-order chi connectivity index (χ1) is 7.79. The van der Waals surface area contributed by atoms with Crippen molar-refractivity contribution in [2.24, 2.45) is 5.73 Å². The molecule has 0 aromatic rings. The third kappa shape index (κ3) is 4.21. The molecule has 1 fully saturated rings. The van der Waals surface area contributed by atoms with Crippen molar-refractivity contribution in [3.05, 3.63) is 0 Å². The third-order valence-corrected chi connectivity index (χ3v) is 4.55. The predicted octanol–water partition coefficient (Wildman–Crippen LogP) is -0.141. The van der Waals surface area contributed by atoms with Gasteiger partial charge in [-0.05, 0) is 26.8 Å². The Morgan fingerprint density at radius 3 is 2.65 bits per heavy atom. The lowest BCUT2D eigenvalue weighted by atomic mass is 9.85. The molecule has 1 heterocycles. The van der Waals surface area contributed by atoms with E-state index in [0.717, 1.165) is 12.8 Å². The number of hydrogen-bond donors (Lipinski definition) is 1. The van der Waals surface area contributed by atoms with Gasteiger partial charge in [0.1, 0.15) is 9.84 Å². The molecular weight excluding hydrogens is 240 g/mol. The van der Waals surface area contributed by atoms with Crippen LogP contribution in [0.3, 0.4) is 0 Å². The third-order valence-electron chi connectivity index (χ3n) is 3.62. The van der Waals surface area contributed by atoms with Crippen LogP contribution in [0.4, 0.5) is 0 Å². The number of nitrogens with zero attached hydrogens (tertiary/aromatic N) is 1. The highest BCUT2D eigenvalue weighted by atomic mass is 32.2. The maximum atomic E-state index is 11.2. The van der Waals surface area contributed by atoms with Crippen molar-refractivity contribution in [1.82, 2.24) is 4.90 Å². The maximum absolute atomic E-state index is 11.2. The van der Waals surface area contributed by atoms with E-state index in [1.165, 1.54) is 6.26 Å². The van der Waals surface area contributed by atoms with Gasteiger partial charge in [0.15, 0.2) is 0 Å². The van der Waals surface area contributed by atoms with Crippen molar-refractivity contribution in [2.75, 3.05) is 38.8 Å². The Kier molecular flexibility index (Phi) is 4.95. The molecule has 0 aliphatic carbocycles. The Hall–Kier alpha value is -0.170. The van der Waals surface area contributed by atoms with Gasteiger partial charge in [0.05, 0.1) is 11.9 Å². The Balaban J connectivity index is 2.65. The van der Waals surface area contributed by atoms with Crippen LogP contribution >= 0.6 is 0 Å². The van der Waals surface area contributed by atoms with Crippen LogP contribution in [0.5, 0.6) is 0 Å². The van der Waals surface area contributed by atoms with E-state index in [9.17, 15) is 8.42 Å². The molecule has 2 N–H and O–H groups in total. The Bertz CT molecular complexity index is 345. The molecule has 0 bridgehead atoms. The van der Waals surface area contributed by atoms with E-state index >= 15 is 0 Å².